The second kappa shape index (κ2) is 6.00. The monoisotopic (exact) mass is 286 g/mol. The van der Waals surface area contributed by atoms with Gasteiger partial charge < -0.3 is 15.2 Å². The maximum atomic E-state index is 11.2. The normalized spacial score (nSPS) is 25.1. The number of morpholine rings is 1. The maximum Gasteiger partial charge on any atom is 0.323 e. The van der Waals surface area contributed by atoms with Gasteiger partial charge in [-0.25, -0.2) is 0 Å². The van der Waals surface area contributed by atoms with Crippen molar-refractivity contribution in [2.75, 3.05) is 26.7 Å². The number of rotatable bonds is 6. The van der Waals surface area contributed by atoms with Crippen molar-refractivity contribution in [1.82, 2.24) is 10.2 Å². The molecule has 0 aliphatic carbocycles. The molecule has 118 valence electrons. The van der Waals surface area contributed by atoms with Gasteiger partial charge in [0.15, 0.2) is 0 Å². The molecule has 1 saturated heterocycles. The minimum Gasteiger partial charge on any atom is -0.480 e. The summed E-state index contributed by atoms with van der Waals surface area (Å²) in [5.41, 5.74) is -1.14. The smallest absolute Gasteiger partial charge is 0.323 e. The van der Waals surface area contributed by atoms with Gasteiger partial charge in [0, 0.05) is 13.1 Å². The average molecular weight is 286 g/mol. The highest BCUT2D eigenvalue weighted by molar-refractivity contribution is 5.78. The van der Waals surface area contributed by atoms with Crippen LogP contribution in [0.25, 0.3) is 0 Å². The zero-order valence-electron chi connectivity index (χ0n) is 13.7. The van der Waals surface area contributed by atoms with Crippen LogP contribution in [0, 0.1) is 0 Å². The molecule has 0 aromatic heterocycles. The van der Waals surface area contributed by atoms with E-state index in [1.807, 2.05) is 0 Å². The molecule has 0 bridgehead atoms. The van der Waals surface area contributed by atoms with Crippen LogP contribution in [0.5, 0.6) is 0 Å². The Kier molecular flexibility index (Phi) is 5.22. The first kappa shape index (κ1) is 17.4. The van der Waals surface area contributed by atoms with Crippen LogP contribution in [-0.2, 0) is 9.53 Å². The van der Waals surface area contributed by atoms with Gasteiger partial charge in [-0.1, -0.05) is 0 Å². The summed E-state index contributed by atoms with van der Waals surface area (Å²) in [6.45, 7) is 12.8. The van der Waals surface area contributed by atoms with Crippen LogP contribution in [0.15, 0.2) is 0 Å². The van der Waals surface area contributed by atoms with Gasteiger partial charge in [0.2, 0.25) is 0 Å². The van der Waals surface area contributed by atoms with Crippen molar-refractivity contribution in [3.63, 3.8) is 0 Å². The molecule has 0 spiro atoms. The molecular formula is C15H30N2O3. The Morgan fingerprint density at radius 2 is 1.80 bits per heavy atom. The first-order chi connectivity index (χ1) is 9.00. The molecule has 1 fully saturated rings. The number of hydrogen-bond donors (Lipinski definition) is 2. The van der Waals surface area contributed by atoms with Crippen molar-refractivity contribution in [2.24, 2.45) is 0 Å². The second-order valence-corrected chi connectivity index (χ2v) is 7.32. The Morgan fingerprint density at radius 3 is 2.20 bits per heavy atom. The van der Waals surface area contributed by atoms with Crippen molar-refractivity contribution in [1.29, 1.82) is 0 Å². The largest absolute Gasteiger partial charge is 0.480 e. The second-order valence-electron chi connectivity index (χ2n) is 7.32. The van der Waals surface area contributed by atoms with E-state index in [1.165, 1.54) is 0 Å². The van der Waals surface area contributed by atoms with E-state index in [4.69, 9.17) is 4.74 Å². The van der Waals surface area contributed by atoms with Gasteiger partial charge in [-0.3, -0.25) is 9.69 Å². The zero-order valence-corrected chi connectivity index (χ0v) is 13.7. The van der Waals surface area contributed by atoms with Crippen molar-refractivity contribution >= 4 is 5.97 Å². The summed E-state index contributed by atoms with van der Waals surface area (Å²) in [4.78, 5) is 13.6. The van der Waals surface area contributed by atoms with Crippen molar-refractivity contribution in [3.05, 3.63) is 0 Å². The molecule has 20 heavy (non-hydrogen) atoms. The number of carboxylic acid groups (broad SMARTS) is 1. The van der Waals surface area contributed by atoms with E-state index in [1.54, 1.807) is 14.0 Å². The Labute approximate surface area is 122 Å². The van der Waals surface area contributed by atoms with E-state index in [9.17, 15) is 9.90 Å². The molecule has 1 atom stereocenters. The highest BCUT2D eigenvalue weighted by Gasteiger charge is 2.38. The first-order valence-electron chi connectivity index (χ1n) is 7.35. The number of carbonyl (C=O) groups is 1. The summed E-state index contributed by atoms with van der Waals surface area (Å²) < 4.78 is 6.05. The van der Waals surface area contributed by atoms with Crippen LogP contribution >= 0.6 is 0 Å². The Bertz CT molecular complexity index is 339. The fraction of sp³-hybridized carbons (Fsp3) is 0.933. The molecule has 0 radical (unpaired) electrons. The van der Waals surface area contributed by atoms with Gasteiger partial charge in [0.05, 0.1) is 11.2 Å². The van der Waals surface area contributed by atoms with Crippen molar-refractivity contribution in [3.8, 4) is 0 Å². The van der Waals surface area contributed by atoms with Gasteiger partial charge in [0.25, 0.3) is 0 Å². The standard InChI is InChI=1S/C15H30N2O3/c1-13(2)10-17(11-14(3,4)20-13)9-7-8-15(5,16-6)12(18)19/h16H,7-11H2,1-6H3,(H,18,19). The molecule has 0 aromatic carbocycles. The quantitative estimate of drug-likeness (QED) is 0.778. The van der Waals surface area contributed by atoms with E-state index < -0.39 is 11.5 Å². The number of carboxylic acids is 1. The minimum absolute atomic E-state index is 0.152. The highest BCUT2D eigenvalue weighted by atomic mass is 16.5. The molecule has 0 amide bonds. The van der Waals surface area contributed by atoms with E-state index in [0.29, 0.717) is 6.42 Å². The predicted molar refractivity (Wildman–Crippen MR) is 80.0 cm³/mol. The lowest BCUT2D eigenvalue weighted by Gasteiger charge is -2.47. The van der Waals surface area contributed by atoms with Crippen molar-refractivity contribution in [2.45, 2.75) is 64.2 Å². The molecule has 5 nitrogen and oxygen atoms in total. The summed E-state index contributed by atoms with van der Waals surface area (Å²) in [6.07, 6.45) is 1.48. The molecule has 1 aliphatic heterocycles. The fourth-order valence-corrected chi connectivity index (χ4v) is 3.10. The number of ether oxygens (including phenoxy) is 1. The fourth-order valence-electron chi connectivity index (χ4n) is 3.10. The number of nitrogens with one attached hydrogen (secondary N) is 1. The summed E-state index contributed by atoms with van der Waals surface area (Å²) in [7, 11) is 1.70. The van der Waals surface area contributed by atoms with Gasteiger partial charge in [-0.15, -0.1) is 0 Å². The molecule has 0 aromatic rings. The molecule has 1 unspecified atom stereocenters. The first-order valence-corrected chi connectivity index (χ1v) is 7.35. The lowest BCUT2D eigenvalue weighted by Crippen LogP contribution is -2.57. The minimum atomic E-state index is -0.836. The molecule has 2 N–H and O–H groups in total. The molecule has 1 rings (SSSR count). The van der Waals surface area contributed by atoms with Crippen LogP contribution in [0.4, 0.5) is 0 Å². The highest BCUT2D eigenvalue weighted by Crippen LogP contribution is 2.28. The lowest BCUT2D eigenvalue weighted by atomic mass is 9.94. The molecular weight excluding hydrogens is 256 g/mol. The van der Waals surface area contributed by atoms with Crippen LogP contribution < -0.4 is 5.32 Å². The van der Waals surface area contributed by atoms with E-state index in [2.05, 4.69) is 37.9 Å². The summed E-state index contributed by atoms with van der Waals surface area (Å²) in [5, 5.41) is 12.1. The van der Waals surface area contributed by atoms with Crippen LogP contribution in [0.1, 0.15) is 47.5 Å². The van der Waals surface area contributed by atoms with Crippen LogP contribution in [0.3, 0.4) is 0 Å². The van der Waals surface area contributed by atoms with E-state index >= 15 is 0 Å². The Balaban J connectivity index is 2.51. The maximum absolute atomic E-state index is 11.2. The third-order valence-corrected chi connectivity index (χ3v) is 3.94. The Hall–Kier alpha value is -0.650. The number of aliphatic carboxylic acids is 1. The van der Waals surface area contributed by atoms with Gasteiger partial charge in [-0.05, 0) is 61.1 Å². The number of hydrogen-bond acceptors (Lipinski definition) is 4. The van der Waals surface area contributed by atoms with Crippen LogP contribution in [-0.4, -0.2) is 59.4 Å². The number of likely N-dealkylation sites (N-methyl/N-ethyl adjacent to an activating group) is 1. The predicted octanol–water partition coefficient (Wildman–Crippen LogP) is 1.72. The summed E-state index contributed by atoms with van der Waals surface area (Å²) in [6, 6.07) is 0. The van der Waals surface area contributed by atoms with Gasteiger partial charge in [0.1, 0.15) is 5.54 Å². The van der Waals surface area contributed by atoms with E-state index in [0.717, 1.165) is 26.1 Å². The number of nitrogens with zero attached hydrogens (tertiary/aromatic N) is 1. The lowest BCUT2D eigenvalue weighted by molar-refractivity contribution is -0.180. The third-order valence-electron chi connectivity index (χ3n) is 3.94. The SMILES string of the molecule is CNC(C)(CCCN1CC(C)(C)OC(C)(C)C1)C(=O)O. The molecule has 1 aliphatic rings. The summed E-state index contributed by atoms with van der Waals surface area (Å²) >= 11 is 0. The van der Waals surface area contributed by atoms with E-state index in [-0.39, 0.29) is 11.2 Å². The van der Waals surface area contributed by atoms with Gasteiger partial charge in [-0.2, -0.15) is 0 Å². The average Bonchev–Trinajstić information content (AvgIpc) is 2.24. The van der Waals surface area contributed by atoms with Crippen LogP contribution in [0.2, 0.25) is 0 Å². The zero-order chi connectivity index (χ0) is 15.6. The topological polar surface area (TPSA) is 61.8 Å². The summed E-state index contributed by atoms with van der Waals surface area (Å²) in [5.74, 6) is -0.789. The Morgan fingerprint density at radius 1 is 1.30 bits per heavy atom. The van der Waals surface area contributed by atoms with Gasteiger partial charge >= 0.3 is 5.97 Å². The molecule has 1 heterocycles. The van der Waals surface area contributed by atoms with Crippen molar-refractivity contribution < 1.29 is 14.6 Å². The molecule has 5 heteroatoms. The molecule has 0 saturated carbocycles. The third kappa shape index (κ3) is 4.72.